The molecule has 2 bridgehead atoms. The Bertz CT molecular complexity index is 714. The number of carboxylic acid groups (broad SMARTS) is 1. The van der Waals surface area contributed by atoms with Crippen molar-refractivity contribution in [2.45, 2.75) is 68.5 Å². The van der Waals surface area contributed by atoms with Gasteiger partial charge in [-0.05, 0) is 45.4 Å². The molecule has 168 valence electrons. The molecule has 0 saturated carbocycles. The number of unbranched alkanes of at least 4 members (excludes halogenated alkanes) is 2. The van der Waals surface area contributed by atoms with Crippen molar-refractivity contribution in [2.24, 2.45) is 17.8 Å². The maximum atomic E-state index is 13.9. The minimum absolute atomic E-state index is 0.0496. The van der Waals surface area contributed by atoms with E-state index in [1.165, 1.54) is 0 Å². The summed E-state index contributed by atoms with van der Waals surface area (Å²) in [7, 11) is 0. The molecular weight excluding hydrogens is 404 g/mol. The SMILES string of the molecule is C=CCN(C(=O)C1N(CCCCCO)C(=O)[C@@H]2[C@@H](C(=O)O)[C@H]3CC(C)C12S3)C(C)C. The fourth-order valence-electron chi connectivity index (χ4n) is 5.74. The van der Waals surface area contributed by atoms with Crippen LogP contribution in [0.25, 0.3) is 0 Å². The minimum atomic E-state index is -0.931. The molecule has 7 nitrogen and oxygen atoms in total. The lowest BCUT2D eigenvalue weighted by Gasteiger charge is -2.41. The zero-order chi connectivity index (χ0) is 22.2. The molecule has 0 aromatic rings. The number of hydrogen-bond donors (Lipinski definition) is 2. The van der Waals surface area contributed by atoms with Gasteiger partial charge < -0.3 is 20.0 Å². The van der Waals surface area contributed by atoms with Gasteiger partial charge in [0.25, 0.3) is 0 Å². The summed E-state index contributed by atoms with van der Waals surface area (Å²) >= 11 is 1.57. The first-order chi connectivity index (χ1) is 14.2. The van der Waals surface area contributed by atoms with Gasteiger partial charge in [-0.15, -0.1) is 18.3 Å². The van der Waals surface area contributed by atoms with Crippen LogP contribution in [0.1, 0.15) is 46.5 Å². The summed E-state index contributed by atoms with van der Waals surface area (Å²) in [6.07, 6.45) is 4.50. The van der Waals surface area contributed by atoms with Crippen LogP contribution >= 0.6 is 11.8 Å². The van der Waals surface area contributed by atoms with E-state index < -0.39 is 28.6 Å². The van der Waals surface area contributed by atoms with E-state index in [4.69, 9.17) is 5.11 Å². The molecule has 2 amide bonds. The average molecular weight is 439 g/mol. The fraction of sp³-hybridized carbons (Fsp3) is 0.773. The van der Waals surface area contributed by atoms with Crippen molar-refractivity contribution in [2.75, 3.05) is 19.7 Å². The molecule has 2 N–H and O–H groups in total. The summed E-state index contributed by atoms with van der Waals surface area (Å²) in [5, 5.41) is 18.9. The number of aliphatic hydroxyl groups excluding tert-OH is 1. The fourth-order valence-corrected chi connectivity index (χ4v) is 8.15. The van der Waals surface area contributed by atoms with Gasteiger partial charge in [0.1, 0.15) is 6.04 Å². The van der Waals surface area contributed by atoms with E-state index in [1.54, 1.807) is 27.6 Å². The summed E-state index contributed by atoms with van der Waals surface area (Å²) in [5.41, 5.74) is 0. The number of rotatable bonds is 10. The third-order valence-electron chi connectivity index (χ3n) is 7.05. The van der Waals surface area contributed by atoms with E-state index in [0.717, 1.165) is 12.8 Å². The molecule has 6 atom stereocenters. The lowest BCUT2D eigenvalue weighted by atomic mass is 9.66. The van der Waals surface area contributed by atoms with Gasteiger partial charge in [-0.3, -0.25) is 14.4 Å². The van der Waals surface area contributed by atoms with Gasteiger partial charge in [0.05, 0.1) is 16.6 Å². The van der Waals surface area contributed by atoms with Crippen molar-refractivity contribution >= 4 is 29.5 Å². The molecule has 3 saturated heterocycles. The highest BCUT2D eigenvalue weighted by Crippen LogP contribution is 2.68. The Labute approximate surface area is 182 Å². The Morgan fingerprint density at radius 1 is 1.37 bits per heavy atom. The molecular formula is C22H34N2O5S. The Hall–Kier alpha value is -1.54. The van der Waals surface area contributed by atoms with Gasteiger partial charge in [0.2, 0.25) is 11.8 Å². The third-order valence-corrected chi connectivity index (χ3v) is 9.13. The van der Waals surface area contributed by atoms with Crippen molar-refractivity contribution in [1.29, 1.82) is 0 Å². The van der Waals surface area contributed by atoms with E-state index in [1.807, 2.05) is 13.8 Å². The van der Waals surface area contributed by atoms with Gasteiger partial charge in [-0.25, -0.2) is 0 Å². The highest BCUT2D eigenvalue weighted by atomic mass is 32.2. The number of nitrogens with zero attached hydrogens (tertiary/aromatic N) is 2. The largest absolute Gasteiger partial charge is 0.481 e. The van der Waals surface area contributed by atoms with Crippen LogP contribution in [0.15, 0.2) is 12.7 Å². The molecule has 0 aliphatic carbocycles. The predicted molar refractivity (Wildman–Crippen MR) is 116 cm³/mol. The number of carbonyl (C=O) groups is 3. The number of carboxylic acids is 1. The zero-order valence-corrected chi connectivity index (χ0v) is 18.9. The van der Waals surface area contributed by atoms with Crippen LogP contribution in [0.4, 0.5) is 0 Å². The lowest BCUT2D eigenvalue weighted by molar-refractivity contribution is -0.149. The first-order valence-electron chi connectivity index (χ1n) is 11.0. The number of hydrogen-bond acceptors (Lipinski definition) is 5. The smallest absolute Gasteiger partial charge is 0.308 e. The van der Waals surface area contributed by atoms with Gasteiger partial charge >= 0.3 is 5.97 Å². The van der Waals surface area contributed by atoms with E-state index in [9.17, 15) is 19.5 Å². The topological polar surface area (TPSA) is 98.2 Å². The van der Waals surface area contributed by atoms with Crippen molar-refractivity contribution in [3.63, 3.8) is 0 Å². The van der Waals surface area contributed by atoms with Crippen LogP contribution in [0.5, 0.6) is 0 Å². The molecule has 3 heterocycles. The molecule has 3 aliphatic rings. The standard InChI is InChI=1S/C22H34N2O5S/c1-5-9-23(13(2)3)20(27)18-22-14(4)12-15(30-22)16(21(28)29)17(22)19(26)24(18)10-7-6-8-11-25/h5,13-18,25H,1,6-12H2,2-4H3,(H,28,29)/t14?,15-,16+,17+,18?,22?/m1/s1. The number of fused-ring (bicyclic) bond motifs is 1. The molecule has 1 spiro atoms. The maximum absolute atomic E-state index is 13.9. The van der Waals surface area contributed by atoms with E-state index in [2.05, 4.69) is 13.5 Å². The lowest BCUT2D eigenvalue weighted by Crippen LogP contribution is -2.58. The Morgan fingerprint density at radius 3 is 2.63 bits per heavy atom. The predicted octanol–water partition coefficient (Wildman–Crippen LogP) is 1.99. The first-order valence-corrected chi connectivity index (χ1v) is 11.8. The van der Waals surface area contributed by atoms with Gasteiger partial charge in [0, 0.05) is 31.0 Å². The highest BCUT2D eigenvalue weighted by Gasteiger charge is 2.76. The average Bonchev–Trinajstić information content (AvgIpc) is 3.26. The van der Waals surface area contributed by atoms with Gasteiger partial charge in [-0.1, -0.05) is 13.0 Å². The summed E-state index contributed by atoms with van der Waals surface area (Å²) in [4.78, 5) is 42.9. The van der Waals surface area contributed by atoms with E-state index >= 15 is 0 Å². The van der Waals surface area contributed by atoms with Crippen LogP contribution in [-0.2, 0) is 14.4 Å². The molecule has 3 unspecified atom stereocenters. The quantitative estimate of drug-likeness (QED) is 0.400. The summed E-state index contributed by atoms with van der Waals surface area (Å²) < 4.78 is -0.687. The Kier molecular flexibility index (Phi) is 6.87. The van der Waals surface area contributed by atoms with Crippen LogP contribution < -0.4 is 0 Å². The van der Waals surface area contributed by atoms with Gasteiger partial charge in [-0.2, -0.15) is 0 Å². The molecule has 8 heteroatoms. The normalized spacial score (nSPS) is 34.5. The Morgan fingerprint density at radius 2 is 2.07 bits per heavy atom. The number of aliphatic hydroxyl groups is 1. The summed E-state index contributed by atoms with van der Waals surface area (Å²) in [6.45, 7) is 10.6. The summed E-state index contributed by atoms with van der Waals surface area (Å²) in [6, 6.07) is -0.702. The summed E-state index contributed by atoms with van der Waals surface area (Å²) in [5.74, 6) is -2.52. The zero-order valence-electron chi connectivity index (χ0n) is 18.1. The molecule has 3 fully saturated rings. The van der Waals surface area contributed by atoms with Crippen molar-refractivity contribution in [3.8, 4) is 0 Å². The minimum Gasteiger partial charge on any atom is -0.481 e. The molecule has 0 aromatic carbocycles. The Balaban J connectivity index is 2.02. The molecule has 3 aliphatic heterocycles. The van der Waals surface area contributed by atoms with E-state index in [0.29, 0.717) is 25.9 Å². The first kappa shape index (κ1) is 23.1. The van der Waals surface area contributed by atoms with Crippen molar-refractivity contribution in [3.05, 3.63) is 12.7 Å². The second-order valence-electron chi connectivity index (χ2n) is 9.08. The number of thioether (sulfide) groups is 1. The monoisotopic (exact) mass is 438 g/mol. The van der Waals surface area contributed by atoms with Crippen LogP contribution in [0.3, 0.4) is 0 Å². The molecule has 30 heavy (non-hydrogen) atoms. The molecule has 0 aromatic heterocycles. The van der Waals surface area contributed by atoms with Crippen LogP contribution in [0.2, 0.25) is 0 Å². The van der Waals surface area contributed by atoms with Crippen molar-refractivity contribution in [1.82, 2.24) is 9.80 Å². The van der Waals surface area contributed by atoms with Crippen LogP contribution in [0, 0.1) is 17.8 Å². The van der Waals surface area contributed by atoms with E-state index in [-0.39, 0.29) is 35.6 Å². The molecule has 0 radical (unpaired) electrons. The second-order valence-corrected chi connectivity index (χ2v) is 10.6. The second kappa shape index (κ2) is 8.91. The molecule has 3 rings (SSSR count). The van der Waals surface area contributed by atoms with Gasteiger partial charge in [0.15, 0.2) is 0 Å². The van der Waals surface area contributed by atoms with Crippen molar-refractivity contribution < 1.29 is 24.6 Å². The number of likely N-dealkylation sites (tertiary alicyclic amines) is 1. The maximum Gasteiger partial charge on any atom is 0.308 e. The number of aliphatic carboxylic acids is 1. The number of carbonyl (C=O) groups excluding carboxylic acids is 2. The third kappa shape index (κ3) is 3.45. The highest BCUT2D eigenvalue weighted by molar-refractivity contribution is 8.02. The number of amides is 2. The van der Waals surface area contributed by atoms with Crippen LogP contribution in [-0.4, -0.2) is 79.6 Å².